The van der Waals surface area contributed by atoms with Crippen molar-refractivity contribution in [2.75, 3.05) is 26.9 Å². The molecule has 2 heterocycles. The molecular formula is C14H19F3N2O2. The Bertz CT molecular complexity index is 446. The van der Waals surface area contributed by atoms with Gasteiger partial charge in [0.05, 0.1) is 13.2 Å². The Hall–Kier alpha value is -1.34. The Morgan fingerprint density at radius 2 is 2.14 bits per heavy atom. The van der Waals surface area contributed by atoms with E-state index in [0.717, 1.165) is 25.6 Å². The zero-order chi connectivity index (χ0) is 15.3. The molecule has 1 aliphatic rings. The van der Waals surface area contributed by atoms with Gasteiger partial charge in [-0.3, -0.25) is 0 Å². The normalized spacial score (nSPS) is 23.0. The van der Waals surface area contributed by atoms with Crippen LogP contribution in [0.4, 0.5) is 13.2 Å². The van der Waals surface area contributed by atoms with Crippen LogP contribution in [0.3, 0.4) is 0 Å². The van der Waals surface area contributed by atoms with Gasteiger partial charge in [0.2, 0.25) is 0 Å². The Balaban J connectivity index is 1.87. The summed E-state index contributed by atoms with van der Waals surface area (Å²) < 4.78 is 48.8. The first-order valence-electron chi connectivity index (χ1n) is 6.88. The Morgan fingerprint density at radius 3 is 2.76 bits per heavy atom. The third-order valence-corrected chi connectivity index (χ3v) is 3.50. The molecule has 0 aliphatic carbocycles. The molecule has 0 saturated carbocycles. The molecule has 1 N–H and O–H groups in total. The molecule has 2 unspecified atom stereocenters. The van der Waals surface area contributed by atoms with E-state index in [2.05, 4.69) is 10.3 Å². The number of piperidine rings is 1. The highest BCUT2D eigenvalue weighted by molar-refractivity contribution is 5.29. The van der Waals surface area contributed by atoms with Crippen molar-refractivity contribution in [3.8, 4) is 5.75 Å². The molecule has 2 rings (SSSR count). The van der Waals surface area contributed by atoms with Crippen molar-refractivity contribution in [2.45, 2.75) is 25.1 Å². The average Bonchev–Trinajstić information content (AvgIpc) is 2.46. The molecule has 1 aromatic heterocycles. The molecule has 7 heteroatoms. The van der Waals surface area contributed by atoms with Gasteiger partial charge >= 0.3 is 6.18 Å². The molecule has 4 nitrogen and oxygen atoms in total. The van der Waals surface area contributed by atoms with Crippen LogP contribution in [0.2, 0.25) is 0 Å². The summed E-state index contributed by atoms with van der Waals surface area (Å²) in [4.78, 5) is 3.37. The molecule has 21 heavy (non-hydrogen) atoms. The van der Waals surface area contributed by atoms with Crippen molar-refractivity contribution < 1.29 is 22.6 Å². The monoisotopic (exact) mass is 304 g/mol. The quantitative estimate of drug-likeness (QED) is 0.907. The van der Waals surface area contributed by atoms with Gasteiger partial charge in [-0.1, -0.05) is 0 Å². The van der Waals surface area contributed by atoms with Crippen LogP contribution in [0, 0.1) is 5.92 Å². The highest BCUT2D eigenvalue weighted by Gasteiger charge is 2.36. The van der Waals surface area contributed by atoms with E-state index in [1.807, 2.05) is 0 Å². The van der Waals surface area contributed by atoms with E-state index < -0.39 is 11.9 Å². The van der Waals surface area contributed by atoms with Crippen molar-refractivity contribution >= 4 is 0 Å². The molecule has 1 aromatic rings. The number of aromatic nitrogens is 1. The maximum Gasteiger partial charge on any atom is 0.437 e. The van der Waals surface area contributed by atoms with Crippen LogP contribution >= 0.6 is 0 Å². The number of nitrogens with one attached hydrogen (secondary N) is 1. The van der Waals surface area contributed by atoms with Gasteiger partial charge in [0.15, 0.2) is 5.69 Å². The first-order chi connectivity index (χ1) is 10.0. The van der Waals surface area contributed by atoms with Crippen molar-refractivity contribution in [3.05, 3.63) is 24.0 Å². The fourth-order valence-electron chi connectivity index (χ4n) is 2.39. The maximum absolute atomic E-state index is 12.8. The smallest absolute Gasteiger partial charge is 0.437 e. The third-order valence-electron chi connectivity index (χ3n) is 3.50. The second-order valence-electron chi connectivity index (χ2n) is 5.16. The number of rotatable bonds is 5. The molecule has 0 bridgehead atoms. The van der Waals surface area contributed by atoms with Crippen LogP contribution in [0.5, 0.6) is 5.75 Å². The first-order valence-corrected chi connectivity index (χ1v) is 6.88. The second-order valence-corrected chi connectivity index (χ2v) is 5.16. The molecule has 0 aromatic carbocycles. The Kier molecular flexibility index (Phi) is 5.41. The van der Waals surface area contributed by atoms with E-state index in [0.29, 0.717) is 12.6 Å². The molecular weight excluding hydrogens is 285 g/mol. The van der Waals surface area contributed by atoms with E-state index in [9.17, 15) is 13.2 Å². The van der Waals surface area contributed by atoms with Gasteiger partial charge in [0.1, 0.15) is 5.75 Å². The molecule has 0 amide bonds. The van der Waals surface area contributed by atoms with E-state index in [4.69, 9.17) is 9.47 Å². The van der Waals surface area contributed by atoms with Crippen LogP contribution < -0.4 is 10.1 Å². The summed E-state index contributed by atoms with van der Waals surface area (Å²) in [6, 6.07) is 3.06. The van der Waals surface area contributed by atoms with Crippen molar-refractivity contribution in [2.24, 2.45) is 5.92 Å². The van der Waals surface area contributed by atoms with Crippen LogP contribution in [-0.2, 0) is 10.9 Å². The summed E-state index contributed by atoms with van der Waals surface area (Å²) in [6.45, 7) is 1.62. The SMILES string of the molecule is COCC1CCC(COc2cccnc2C(F)(F)F)CN1. The van der Waals surface area contributed by atoms with Crippen LogP contribution in [0.1, 0.15) is 18.5 Å². The molecule has 2 atom stereocenters. The van der Waals surface area contributed by atoms with Gasteiger partial charge in [-0.05, 0) is 25.0 Å². The zero-order valence-corrected chi connectivity index (χ0v) is 11.8. The van der Waals surface area contributed by atoms with Crippen LogP contribution in [-0.4, -0.2) is 37.9 Å². The standard InChI is InChI=1S/C14H19F3N2O2/c1-20-9-11-5-4-10(7-19-11)8-21-12-3-2-6-18-13(12)14(15,16)17/h2-3,6,10-11,19H,4-5,7-9H2,1H3. The predicted octanol–water partition coefficient (Wildman–Crippen LogP) is 2.49. The van der Waals surface area contributed by atoms with Crippen molar-refractivity contribution in [1.82, 2.24) is 10.3 Å². The molecule has 1 fully saturated rings. The lowest BCUT2D eigenvalue weighted by Gasteiger charge is -2.29. The van der Waals surface area contributed by atoms with E-state index in [1.165, 1.54) is 12.1 Å². The first kappa shape index (κ1) is 16.0. The van der Waals surface area contributed by atoms with Gasteiger partial charge in [0, 0.05) is 31.8 Å². The molecule has 0 radical (unpaired) electrons. The number of methoxy groups -OCH3 is 1. The Labute approximate surface area is 121 Å². The van der Waals surface area contributed by atoms with Crippen molar-refractivity contribution in [3.63, 3.8) is 0 Å². The number of hydrogen-bond acceptors (Lipinski definition) is 4. The van der Waals surface area contributed by atoms with Crippen LogP contribution in [0.25, 0.3) is 0 Å². The summed E-state index contributed by atoms with van der Waals surface area (Å²) in [5.74, 6) is -0.0107. The average molecular weight is 304 g/mol. The number of ether oxygens (including phenoxy) is 2. The number of nitrogens with zero attached hydrogens (tertiary/aromatic N) is 1. The van der Waals surface area contributed by atoms with E-state index in [-0.39, 0.29) is 18.3 Å². The maximum atomic E-state index is 12.8. The minimum absolute atomic E-state index is 0.194. The van der Waals surface area contributed by atoms with Gasteiger partial charge in [0.25, 0.3) is 0 Å². The fraction of sp³-hybridized carbons (Fsp3) is 0.643. The highest BCUT2D eigenvalue weighted by atomic mass is 19.4. The zero-order valence-electron chi connectivity index (χ0n) is 11.8. The number of alkyl halides is 3. The summed E-state index contributed by atoms with van der Waals surface area (Å²) in [6.07, 6.45) is -1.54. The van der Waals surface area contributed by atoms with Gasteiger partial charge in [-0.15, -0.1) is 0 Å². The summed E-state index contributed by atoms with van der Waals surface area (Å²) in [7, 11) is 1.65. The van der Waals surface area contributed by atoms with E-state index in [1.54, 1.807) is 7.11 Å². The summed E-state index contributed by atoms with van der Waals surface area (Å²) in [5.41, 5.74) is -0.967. The van der Waals surface area contributed by atoms with Crippen LogP contribution in [0.15, 0.2) is 18.3 Å². The fourth-order valence-corrected chi connectivity index (χ4v) is 2.39. The topological polar surface area (TPSA) is 43.4 Å². The molecule has 0 spiro atoms. The van der Waals surface area contributed by atoms with Gasteiger partial charge in [-0.25, -0.2) is 4.98 Å². The molecule has 118 valence electrons. The minimum atomic E-state index is -4.50. The lowest BCUT2D eigenvalue weighted by atomic mass is 9.96. The van der Waals surface area contributed by atoms with Gasteiger partial charge in [-0.2, -0.15) is 13.2 Å². The highest BCUT2D eigenvalue weighted by Crippen LogP contribution is 2.34. The second kappa shape index (κ2) is 7.09. The molecule has 1 saturated heterocycles. The lowest BCUT2D eigenvalue weighted by molar-refractivity contribution is -0.142. The predicted molar refractivity (Wildman–Crippen MR) is 71.1 cm³/mol. The summed E-state index contributed by atoms with van der Waals surface area (Å²) >= 11 is 0. The Morgan fingerprint density at radius 1 is 1.33 bits per heavy atom. The van der Waals surface area contributed by atoms with E-state index >= 15 is 0 Å². The largest absolute Gasteiger partial charge is 0.491 e. The minimum Gasteiger partial charge on any atom is -0.491 e. The van der Waals surface area contributed by atoms with Crippen molar-refractivity contribution in [1.29, 1.82) is 0 Å². The third kappa shape index (κ3) is 4.57. The lowest BCUT2D eigenvalue weighted by Crippen LogP contribution is -2.43. The summed E-state index contributed by atoms with van der Waals surface area (Å²) in [5, 5.41) is 3.31. The molecule has 1 aliphatic heterocycles. The number of halogens is 3. The van der Waals surface area contributed by atoms with Gasteiger partial charge < -0.3 is 14.8 Å². The number of hydrogen-bond donors (Lipinski definition) is 1. The number of pyridine rings is 1.